The van der Waals surface area contributed by atoms with Crippen molar-refractivity contribution in [1.82, 2.24) is 42.2 Å². The quantitative estimate of drug-likeness (QED) is 0.0370. The molecule has 22 heteroatoms. The molecule has 15 N–H and O–H groups in total. The number of aliphatic hydroxyl groups is 3. The van der Waals surface area contributed by atoms with E-state index in [4.69, 9.17) is 11.5 Å². The van der Waals surface area contributed by atoms with E-state index in [1.54, 1.807) is 60.8 Å². The molecule has 1 saturated heterocycles. The average molecular weight is 1010 g/mol. The number of unbranched alkanes of at least 4 members (excludes halogenated alkanes) is 1. The Morgan fingerprint density at radius 3 is 1.94 bits per heavy atom. The van der Waals surface area contributed by atoms with Gasteiger partial charge in [-0.15, -0.1) is 0 Å². The molecule has 5 rings (SSSR count). The number of hydrogen-bond donors (Lipinski definition) is 13. The number of para-hydroxylation sites is 1. The molecule has 0 radical (unpaired) electrons. The Balaban J connectivity index is 1.56. The molecule has 7 amide bonds. The van der Waals surface area contributed by atoms with Gasteiger partial charge in [-0.2, -0.15) is 0 Å². The predicted molar refractivity (Wildman–Crippen MR) is 267 cm³/mol. The van der Waals surface area contributed by atoms with E-state index in [-0.39, 0.29) is 43.7 Å². The van der Waals surface area contributed by atoms with Crippen LogP contribution < -0.4 is 48.7 Å². The van der Waals surface area contributed by atoms with Gasteiger partial charge in [-0.25, -0.2) is 0 Å². The maximum absolute atomic E-state index is 14.7. The molecule has 0 saturated carbocycles. The number of aromatic nitrogens is 1. The molecular weight excluding hydrogens is 941 g/mol. The summed E-state index contributed by atoms with van der Waals surface area (Å²) in [6.07, 6.45) is -2.13. The molecule has 20 nitrogen and oxygen atoms in total. The second-order valence-corrected chi connectivity index (χ2v) is 19.7. The van der Waals surface area contributed by atoms with Gasteiger partial charge in [0.25, 0.3) is 0 Å². The molecule has 0 bridgehead atoms. The lowest BCUT2D eigenvalue weighted by Crippen LogP contribution is -2.62. The van der Waals surface area contributed by atoms with Crippen molar-refractivity contribution in [3.8, 4) is 0 Å². The van der Waals surface area contributed by atoms with Gasteiger partial charge < -0.3 is 69.0 Å². The molecule has 1 aromatic heterocycles. The van der Waals surface area contributed by atoms with Crippen LogP contribution in [-0.4, -0.2) is 140 Å². The van der Waals surface area contributed by atoms with Crippen molar-refractivity contribution in [3.05, 3.63) is 108 Å². The number of rotatable bonds is 16. The number of nitrogens with two attached hydrogens (primary N) is 2. The standard InChI is InChI=1S/C48H64N10O10S2/c1-27(59)40-48(68)56-39(47(67)58-41(61)28(2)60)26-70-69-25-38(55-42(62)33(50)21-29-13-5-3-6-14-29)46(66)53-36(22-30-15-7-4-8-16-30)44(64)54-37(23-31-24-51-34-18-10-9-17-32(31)34)45(65)52-35(43(63)57-40)19-11-12-20-49/h3-10,13-18,24,27-28,33,35-41,51,59-61H,11-12,19-23,25-26,49-50H2,1-2H3,(H,52,65)(H,53,66)(H,54,64)(H,55,62)(H,56,68)(H,57,63)(H,58,67)/t27-,28-,33-,35+,36+,37-,38+,39+,40+,41-/m1/s1. The molecule has 3 aromatic carbocycles. The lowest BCUT2D eigenvalue weighted by Gasteiger charge is -2.29. The van der Waals surface area contributed by atoms with E-state index in [2.05, 4.69) is 42.2 Å². The first-order chi connectivity index (χ1) is 33.5. The summed E-state index contributed by atoms with van der Waals surface area (Å²) in [7, 11) is 2.01. The van der Waals surface area contributed by atoms with Crippen molar-refractivity contribution in [2.24, 2.45) is 11.5 Å². The Labute approximate surface area is 413 Å². The zero-order chi connectivity index (χ0) is 50.7. The molecule has 0 spiro atoms. The van der Waals surface area contributed by atoms with Crippen molar-refractivity contribution in [3.63, 3.8) is 0 Å². The summed E-state index contributed by atoms with van der Waals surface area (Å²) in [5.74, 6) is -6.21. The number of aromatic amines is 1. The Morgan fingerprint density at radius 2 is 1.29 bits per heavy atom. The van der Waals surface area contributed by atoms with Gasteiger partial charge in [0.2, 0.25) is 41.4 Å². The van der Waals surface area contributed by atoms with Crippen LogP contribution in [0.4, 0.5) is 0 Å². The summed E-state index contributed by atoms with van der Waals surface area (Å²) in [4.78, 5) is 102. The molecule has 4 aromatic rings. The van der Waals surface area contributed by atoms with Gasteiger partial charge >= 0.3 is 0 Å². The summed E-state index contributed by atoms with van der Waals surface area (Å²) in [6, 6.07) is 15.6. The van der Waals surface area contributed by atoms with Gasteiger partial charge in [-0.1, -0.05) is 100 Å². The highest BCUT2D eigenvalue weighted by Gasteiger charge is 2.36. The maximum atomic E-state index is 14.7. The van der Waals surface area contributed by atoms with Crippen LogP contribution in [-0.2, 0) is 52.8 Å². The zero-order valence-corrected chi connectivity index (χ0v) is 40.6. The van der Waals surface area contributed by atoms with Crippen LogP contribution >= 0.6 is 21.6 Å². The molecule has 0 unspecified atom stereocenters. The Kier molecular flexibility index (Phi) is 21.5. The second-order valence-electron chi connectivity index (χ2n) is 17.1. The summed E-state index contributed by atoms with van der Waals surface area (Å²) in [5.41, 5.74) is 15.0. The van der Waals surface area contributed by atoms with E-state index < -0.39 is 102 Å². The molecule has 378 valence electrons. The van der Waals surface area contributed by atoms with Crippen LogP contribution in [0.1, 0.15) is 49.8 Å². The van der Waals surface area contributed by atoms with Crippen LogP contribution in [0.3, 0.4) is 0 Å². The normalized spacial score (nSPS) is 23.0. The SMILES string of the molecule is C[C@@H](O)[C@@H]1NC(=O)[C@H](CCCCN)NC(=O)[C@@H](Cc2c[nH]c3ccccc23)NC(=O)[C@H](Cc2ccccc2)NC(=O)[C@@H](NC(=O)[C@H](N)Cc2ccccc2)CSSC[C@@H](C(=O)N[C@H](O)[C@@H](C)O)NC1=O. The Morgan fingerprint density at radius 1 is 0.700 bits per heavy atom. The van der Waals surface area contributed by atoms with E-state index in [0.29, 0.717) is 24.0 Å². The number of benzene rings is 3. The van der Waals surface area contributed by atoms with Gasteiger partial charge in [0.05, 0.1) is 18.2 Å². The van der Waals surface area contributed by atoms with Gasteiger partial charge in [0, 0.05) is 41.4 Å². The van der Waals surface area contributed by atoms with Crippen LogP contribution in [0, 0.1) is 0 Å². The van der Waals surface area contributed by atoms with Crippen molar-refractivity contribution >= 4 is 73.8 Å². The van der Waals surface area contributed by atoms with Gasteiger partial charge in [-0.3, -0.25) is 33.6 Å². The molecule has 70 heavy (non-hydrogen) atoms. The third kappa shape index (κ3) is 16.6. The van der Waals surface area contributed by atoms with Gasteiger partial charge in [0.15, 0.2) is 6.23 Å². The Bertz CT molecular complexity index is 2380. The van der Waals surface area contributed by atoms with E-state index in [0.717, 1.165) is 38.1 Å². The maximum Gasteiger partial charge on any atom is 0.245 e. The van der Waals surface area contributed by atoms with Crippen LogP contribution in [0.5, 0.6) is 0 Å². The van der Waals surface area contributed by atoms with E-state index in [1.165, 1.54) is 13.8 Å². The highest BCUT2D eigenvalue weighted by Crippen LogP contribution is 2.24. The van der Waals surface area contributed by atoms with Crippen molar-refractivity contribution in [2.75, 3.05) is 18.1 Å². The van der Waals surface area contributed by atoms with Crippen molar-refractivity contribution in [1.29, 1.82) is 0 Å². The zero-order valence-electron chi connectivity index (χ0n) is 39.0. The topological polar surface area (TPSA) is 332 Å². The van der Waals surface area contributed by atoms with Crippen molar-refractivity contribution < 1.29 is 48.9 Å². The van der Waals surface area contributed by atoms with Crippen molar-refractivity contribution in [2.45, 2.75) is 113 Å². The first kappa shape index (κ1) is 54.9. The number of carbonyl (C=O) groups is 7. The predicted octanol–water partition coefficient (Wildman–Crippen LogP) is -0.848. The second kappa shape index (κ2) is 27.4. The third-order valence-corrected chi connectivity index (χ3v) is 13.9. The molecule has 1 aliphatic rings. The number of hydrogen-bond acceptors (Lipinski definition) is 14. The molecular formula is C48H64N10O10S2. The number of fused-ring (bicyclic) bond motifs is 1. The monoisotopic (exact) mass is 1000 g/mol. The lowest BCUT2D eigenvalue weighted by atomic mass is 10.0. The molecule has 0 aliphatic carbocycles. The fourth-order valence-corrected chi connectivity index (χ4v) is 9.82. The molecule has 2 heterocycles. The number of amides is 7. The fraction of sp³-hybridized carbons (Fsp3) is 0.438. The molecule has 1 fully saturated rings. The van der Waals surface area contributed by atoms with E-state index >= 15 is 0 Å². The largest absolute Gasteiger partial charge is 0.391 e. The minimum atomic E-state index is -1.74. The first-order valence-corrected chi connectivity index (χ1v) is 25.5. The molecule has 1 aliphatic heterocycles. The average Bonchev–Trinajstić information content (AvgIpc) is 3.75. The molecule has 10 atom stereocenters. The lowest BCUT2D eigenvalue weighted by molar-refractivity contribution is -0.137. The van der Waals surface area contributed by atoms with Gasteiger partial charge in [-0.05, 0) is 68.8 Å². The minimum Gasteiger partial charge on any atom is -0.391 e. The number of nitrogens with one attached hydrogen (secondary N) is 8. The third-order valence-electron chi connectivity index (χ3n) is 11.5. The highest BCUT2D eigenvalue weighted by atomic mass is 33.1. The Hall–Kier alpha value is -6.01. The van der Waals surface area contributed by atoms with Crippen LogP contribution in [0.25, 0.3) is 10.9 Å². The smallest absolute Gasteiger partial charge is 0.245 e. The van der Waals surface area contributed by atoms with E-state index in [1.807, 2.05) is 30.3 Å². The fourth-order valence-electron chi connectivity index (χ4n) is 7.49. The number of aliphatic hydroxyl groups excluding tert-OH is 3. The highest BCUT2D eigenvalue weighted by molar-refractivity contribution is 8.76. The van der Waals surface area contributed by atoms with Crippen LogP contribution in [0.2, 0.25) is 0 Å². The summed E-state index contributed by atoms with van der Waals surface area (Å²) in [5, 5.41) is 50.2. The van der Waals surface area contributed by atoms with Crippen LogP contribution in [0.15, 0.2) is 91.1 Å². The first-order valence-electron chi connectivity index (χ1n) is 23.0. The summed E-state index contributed by atoms with van der Waals surface area (Å²) >= 11 is 0. The minimum absolute atomic E-state index is 0.0294. The summed E-state index contributed by atoms with van der Waals surface area (Å²) in [6.45, 7) is 2.74. The van der Waals surface area contributed by atoms with E-state index in [9.17, 15) is 48.9 Å². The van der Waals surface area contributed by atoms with Gasteiger partial charge in [0.1, 0.15) is 36.3 Å². The summed E-state index contributed by atoms with van der Waals surface area (Å²) < 4.78 is 0. The number of carbonyl (C=O) groups excluding carboxylic acids is 7. The number of H-pyrrole nitrogens is 1.